The third kappa shape index (κ3) is 1.90. The van der Waals surface area contributed by atoms with E-state index in [1.807, 2.05) is 0 Å². The average molecular weight is 210 g/mol. The quantitative estimate of drug-likeness (QED) is 0.784. The monoisotopic (exact) mass is 210 g/mol. The molecule has 0 aromatic carbocycles. The topological polar surface area (TPSA) is 70.7 Å². The maximum atomic E-state index is 10.6. The van der Waals surface area contributed by atoms with Crippen LogP contribution in [0.25, 0.3) is 0 Å². The lowest BCUT2D eigenvalue weighted by Crippen LogP contribution is -2.27. The fraction of sp³-hybridized carbons (Fsp3) is 0.545. The highest BCUT2D eigenvalue weighted by atomic mass is 16.4. The lowest BCUT2D eigenvalue weighted by atomic mass is 9.83. The Labute approximate surface area is 87.5 Å². The van der Waals surface area contributed by atoms with E-state index < -0.39 is 11.6 Å². The molecule has 15 heavy (non-hydrogen) atoms. The Balaban J connectivity index is 2.23. The van der Waals surface area contributed by atoms with Crippen molar-refractivity contribution in [3.05, 3.63) is 23.7 Å². The molecule has 1 aromatic heterocycles. The smallest absolute Gasteiger partial charge is 0.371 e. The first-order valence-corrected chi connectivity index (χ1v) is 5.18. The number of rotatable bonds is 2. The van der Waals surface area contributed by atoms with Gasteiger partial charge in [-0.3, -0.25) is 0 Å². The summed E-state index contributed by atoms with van der Waals surface area (Å²) in [6.45, 7) is 0. The number of carbonyl (C=O) groups is 1. The first-order valence-electron chi connectivity index (χ1n) is 5.18. The van der Waals surface area contributed by atoms with Gasteiger partial charge in [0, 0.05) is 0 Å². The van der Waals surface area contributed by atoms with E-state index in [1.54, 1.807) is 6.07 Å². The zero-order valence-corrected chi connectivity index (χ0v) is 8.40. The zero-order chi connectivity index (χ0) is 10.9. The Hall–Kier alpha value is -1.29. The van der Waals surface area contributed by atoms with Crippen LogP contribution in [0, 0.1) is 0 Å². The van der Waals surface area contributed by atoms with E-state index in [1.165, 1.54) is 6.07 Å². The fourth-order valence-corrected chi connectivity index (χ4v) is 2.09. The third-order valence-electron chi connectivity index (χ3n) is 2.96. The highest BCUT2D eigenvalue weighted by molar-refractivity contribution is 5.84. The molecule has 1 heterocycles. The number of hydrogen-bond donors (Lipinski definition) is 2. The highest BCUT2D eigenvalue weighted by Crippen LogP contribution is 2.37. The molecule has 0 amide bonds. The summed E-state index contributed by atoms with van der Waals surface area (Å²) in [5.74, 6) is -0.816. The van der Waals surface area contributed by atoms with Crippen molar-refractivity contribution in [2.24, 2.45) is 0 Å². The van der Waals surface area contributed by atoms with Crippen molar-refractivity contribution in [1.82, 2.24) is 0 Å². The van der Waals surface area contributed by atoms with E-state index in [9.17, 15) is 9.90 Å². The second kappa shape index (κ2) is 3.70. The molecule has 1 saturated carbocycles. The van der Waals surface area contributed by atoms with Crippen molar-refractivity contribution in [2.75, 3.05) is 0 Å². The Morgan fingerprint density at radius 3 is 2.47 bits per heavy atom. The standard InChI is InChI=1S/C11H14O4/c12-10(13)8-4-5-9(15-8)11(14)6-2-1-3-7-11/h4-5,14H,1-3,6-7H2,(H,12,13). The van der Waals surface area contributed by atoms with Crippen LogP contribution in [0.5, 0.6) is 0 Å². The Morgan fingerprint density at radius 2 is 1.93 bits per heavy atom. The minimum absolute atomic E-state index is 0.107. The molecule has 1 fully saturated rings. The SMILES string of the molecule is O=C(O)c1ccc(C2(O)CCCCC2)o1. The molecular weight excluding hydrogens is 196 g/mol. The van der Waals surface area contributed by atoms with Gasteiger partial charge in [0.25, 0.3) is 0 Å². The van der Waals surface area contributed by atoms with E-state index in [0.29, 0.717) is 18.6 Å². The van der Waals surface area contributed by atoms with Crippen LogP contribution in [-0.2, 0) is 5.60 Å². The average Bonchev–Trinajstić information content (AvgIpc) is 2.68. The third-order valence-corrected chi connectivity index (χ3v) is 2.96. The highest BCUT2D eigenvalue weighted by Gasteiger charge is 2.34. The molecule has 82 valence electrons. The van der Waals surface area contributed by atoms with Crippen molar-refractivity contribution >= 4 is 5.97 Å². The lowest BCUT2D eigenvalue weighted by molar-refractivity contribution is -0.0207. The van der Waals surface area contributed by atoms with Gasteiger partial charge in [0.05, 0.1) is 0 Å². The van der Waals surface area contributed by atoms with Crippen LogP contribution in [0.4, 0.5) is 0 Å². The van der Waals surface area contributed by atoms with Crippen molar-refractivity contribution in [3.63, 3.8) is 0 Å². The predicted molar refractivity (Wildman–Crippen MR) is 52.6 cm³/mol. The van der Waals surface area contributed by atoms with Crippen molar-refractivity contribution in [2.45, 2.75) is 37.7 Å². The van der Waals surface area contributed by atoms with Crippen LogP contribution in [-0.4, -0.2) is 16.2 Å². The molecule has 1 aromatic rings. The van der Waals surface area contributed by atoms with E-state index in [2.05, 4.69) is 0 Å². The van der Waals surface area contributed by atoms with Gasteiger partial charge >= 0.3 is 5.97 Å². The summed E-state index contributed by atoms with van der Waals surface area (Å²) in [5.41, 5.74) is -0.952. The zero-order valence-electron chi connectivity index (χ0n) is 8.40. The molecule has 0 unspecified atom stereocenters. The predicted octanol–water partition coefficient (Wildman–Crippen LogP) is 2.13. The van der Waals surface area contributed by atoms with Gasteiger partial charge in [0.1, 0.15) is 11.4 Å². The van der Waals surface area contributed by atoms with Crippen LogP contribution >= 0.6 is 0 Å². The minimum atomic E-state index is -1.10. The molecular formula is C11H14O4. The Bertz CT molecular complexity index is 360. The molecule has 1 aliphatic rings. The van der Waals surface area contributed by atoms with Gasteiger partial charge in [-0.25, -0.2) is 4.79 Å². The summed E-state index contributed by atoms with van der Waals surface area (Å²) in [7, 11) is 0. The maximum absolute atomic E-state index is 10.6. The normalized spacial score (nSPS) is 20.1. The fourth-order valence-electron chi connectivity index (χ4n) is 2.09. The lowest BCUT2D eigenvalue weighted by Gasteiger charge is -2.29. The Morgan fingerprint density at radius 1 is 1.27 bits per heavy atom. The van der Waals surface area contributed by atoms with Gasteiger partial charge in [-0.15, -0.1) is 0 Å². The van der Waals surface area contributed by atoms with Gasteiger partial charge < -0.3 is 14.6 Å². The molecule has 0 bridgehead atoms. The maximum Gasteiger partial charge on any atom is 0.371 e. The van der Waals surface area contributed by atoms with Crippen LogP contribution in [0.1, 0.15) is 48.4 Å². The van der Waals surface area contributed by atoms with E-state index in [0.717, 1.165) is 19.3 Å². The molecule has 0 spiro atoms. The molecule has 0 saturated heterocycles. The molecule has 0 aliphatic heterocycles. The number of hydrogen-bond acceptors (Lipinski definition) is 3. The van der Waals surface area contributed by atoms with E-state index >= 15 is 0 Å². The molecule has 4 nitrogen and oxygen atoms in total. The summed E-state index contributed by atoms with van der Waals surface area (Å²) in [5, 5.41) is 19.0. The largest absolute Gasteiger partial charge is 0.475 e. The van der Waals surface area contributed by atoms with Crippen molar-refractivity contribution in [3.8, 4) is 0 Å². The number of carboxylic acids is 1. The van der Waals surface area contributed by atoms with Gasteiger partial charge in [-0.05, 0) is 25.0 Å². The minimum Gasteiger partial charge on any atom is -0.475 e. The van der Waals surface area contributed by atoms with Gasteiger partial charge in [-0.2, -0.15) is 0 Å². The van der Waals surface area contributed by atoms with Gasteiger partial charge in [-0.1, -0.05) is 19.3 Å². The van der Waals surface area contributed by atoms with Crippen LogP contribution < -0.4 is 0 Å². The van der Waals surface area contributed by atoms with Crippen LogP contribution in [0.3, 0.4) is 0 Å². The molecule has 2 N–H and O–H groups in total. The van der Waals surface area contributed by atoms with Gasteiger partial charge in [0.15, 0.2) is 0 Å². The first-order chi connectivity index (χ1) is 7.12. The summed E-state index contributed by atoms with van der Waals surface area (Å²) >= 11 is 0. The molecule has 4 heteroatoms. The molecule has 0 radical (unpaired) electrons. The molecule has 1 aliphatic carbocycles. The van der Waals surface area contributed by atoms with E-state index in [4.69, 9.17) is 9.52 Å². The van der Waals surface area contributed by atoms with Crippen molar-refractivity contribution < 1.29 is 19.4 Å². The number of aliphatic hydroxyl groups is 1. The number of aromatic carboxylic acids is 1. The summed E-state index contributed by atoms with van der Waals surface area (Å²) < 4.78 is 5.14. The van der Waals surface area contributed by atoms with Gasteiger partial charge in [0.2, 0.25) is 5.76 Å². The number of furan rings is 1. The summed E-state index contributed by atoms with van der Waals surface area (Å²) in [6.07, 6.45) is 4.34. The summed E-state index contributed by atoms with van der Waals surface area (Å²) in [6, 6.07) is 2.96. The van der Waals surface area contributed by atoms with E-state index in [-0.39, 0.29) is 5.76 Å². The first kappa shape index (κ1) is 10.2. The Kier molecular flexibility index (Phi) is 2.52. The van der Waals surface area contributed by atoms with Crippen molar-refractivity contribution in [1.29, 1.82) is 0 Å². The molecule has 0 atom stereocenters. The second-order valence-electron chi connectivity index (χ2n) is 4.06. The second-order valence-corrected chi connectivity index (χ2v) is 4.06. The summed E-state index contributed by atoms with van der Waals surface area (Å²) in [4.78, 5) is 10.6. The number of carboxylic acid groups (broad SMARTS) is 1. The van der Waals surface area contributed by atoms with Crippen LogP contribution in [0.15, 0.2) is 16.5 Å². The molecule has 2 rings (SSSR count). The van der Waals surface area contributed by atoms with Crippen LogP contribution in [0.2, 0.25) is 0 Å².